The average Bonchev–Trinajstić information content (AvgIpc) is 2.27. The molecule has 0 amide bonds. The molecule has 94 valence electrons. The molecule has 1 aromatic heterocycles. The number of anilines is 2. The van der Waals surface area contributed by atoms with E-state index in [0.29, 0.717) is 5.69 Å². The Morgan fingerprint density at radius 3 is 2.78 bits per heavy atom. The molecule has 2 rings (SSSR count). The second-order valence-corrected chi connectivity index (χ2v) is 4.30. The summed E-state index contributed by atoms with van der Waals surface area (Å²) < 4.78 is 34.5. The summed E-state index contributed by atoms with van der Waals surface area (Å²) in [5, 5.41) is 2.71. The largest absolute Gasteiger partial charge is 0.768 e. The predicted molar refractivity (Wildman–Crippen MR) is 61.4 cm³/mol. The van der Waals surface area contributed by atoms with E-state index in [-0.39, 0.29) is 16.7 Å². The highest BCUT2D eigenvalue weighted by Gasteiger charge is 2.04. The van der Waals surface area contributed by atoms with Crippen LogP contribution < -0.4 is 5.32 Å². The number of benzene rings is 1. The minimum absolute atomic E-state index is 0.0221. The minimum Gasteiger partial charge on any atom is -0.768 e. The maximum absolute atomic E-state index is 12.9. The van der Waals surface area contributed by atoms with Gasteiger partial charge in [0, 0.05) is 10.6 Å². The molecule has 6 nitrogen and oxygen atoms in total. The molecule has 18 heavy (non-hydrogen) atoms. The third-order valence-corrected chi connectivity index (χ3v) is 2.64. The Morgan fingerprint density at radius 1 is 1.33 bits per heavy atom. The van der Waals surface area contributed by atoms with Crippen LogP contribution in [0.4, 0.5) is 16.0 Å². The van der Waals surface area contributed by atoms with Crippen molar-refractivity contribution >= 4 is 22.7 Å². The summed E-state index contributed by atoms with van der Waals surface area (Å²) in [5.74, 6) is 0.252. The first-order valence-electron chi connectivity index (χ1n) is 4.89. The highest BCUT2D eigenvalue weighted by atomic mass is 32.2. The molecule has 0 aliphatic rings. The normalized spacial score (nSPS) is 12.2. The van der Waals surface area contributed by atoms with E-state index in [1.165, 1.54) is 19.1 Å². The predicted octanol–water partition coefficient (Wildman–Crippen LogP) is 1.30. The summed E-state index contributed by atoms with van der Waals surface area (Å²) >= 11 is -2.32. The molecule has 1 N–H and O–H groups in total. The van der Waals surface area contributed by atoms with Crippen molar-refractivity contribution in [2.75, 3.05) is 5.32 Å². The van der Waals surface area contributed by atoms with Crippen molar-refractivity contribution in [1.82, 2.24) is 15.0 Å². The second kappa shape index (κ2) is 5.15. The average molecular weight is 267 g/mol. The van der Waals surface area contributed by atoms with Crippen LogP contribution in [0.15, 0.2) is 29.2 Å². The molecule has 0 radical (unpaired) electrons. The Hall–Kier alpha value is -1.93. The van der Waals surface area contributed by atoms with E-state index in [2.05, 4.69) is 20.3 Å². The van der Waals surface area contributed by atoms with E-state index < -0.39 is 17.2 Å². The molecule has 1 aromatic carbocycles. The number of nitrogens with one attached hydrogen (secondary N) is 1. The third-order valence-electron chi connectivity index (χ3n) is 2.00. The van der Waals surface area contributed by atoms with Crippen LogP contribution in [0.1, 0.15) is 5.82 Å². The fourth-order valence-electron chi connectivity index (χ4n) is 1.31. The van der Waals surface area contributed by atoms with Crippen LogP contribution in [-0.2, 0) is 11.1 Å². The van der Waals surface area contributed by atoms with Crippen LogP contribution in [0.2, 0.25) is 0 Å². The molecule has 0 aliphatic heterocycles. The van der Waals surface area contributed by atoms with Crippen LogP contribution in [0.3, 0.4) is 0 Å². The van der Waals surface area contributed by atoms with Crippen molar-refractivity contribution in [3.8, 4) is 0 Å². The van der Waals surface area contributed by atoms with Gasteiger partial charge in [-0.25, -0.2) is 0 Å². The maximum Gasteiger partial charge on any atom is 0.313 e. The molecule has 1 atom stereocenters. The number of halogens is 1. The quantitative estimate of drug-likeness (QED) is 0.843. The lowest BCUT2D eigenvalue weighted by Crippen LogP contribution is -2.03. The van der Waals surface area contributed by atoms with Crippen LogP contribution in [0.5, 0.6) is 0 Å². The fourth-order valence-corrected chi connectivity index (χ4v) is 1.72. The van der Waals surface area contributed by atoms with E-state index >= 15 is 0 Å². The summed E-state index contributed by atoms with van der Waals surface area (Å²) in [4.78, 5) is 10.8. The lowest BCUT2D eigenvalue weighted by Gasteiger charge is -2.08. The fraction of sp³-hybridized carbons (Fsp3) is 0.100. The van der Waals surface area contributed by atoms with E-state index in [0.717, 1.165) is 0 Å². The van der Waals surface area contributed by atoms with Crippen LogP contribution in [0, 0.1) is 13.0 Å². The van der Waals surface area contributed by atoms with Crippen molar-refractivity contribution in [3.63, 3.8) is 0 Å². The van der Waals surface area contributed by atoms with Crippen LogP contribution >= 0.6 is 0 Å². The number of nitrogens with zero attached hydrogens (tertiary/aromatic N) is 3. The molecule has 0 aliphatic carbocycles. The number of rotatable bonds is 3. The SMILES string of the molecule is Cc1nc(F)nc(Nc2cccc(S(=O)[O-])c2)n1. The summed E-state index contributed by atoms with van der Waals surface area (Å²) in [6, 6.07) is 6.00. The molecule has 1 unspecified atom stereocenters. The highest BCUT2D eigenvalue weighted by molar-refractivity contribution is 7.79. The van der Waals surface area contributed by atoms with Crippen molar-refractivity contribution in [2.45, 2.75) is 11.8 Å². The highest BCUT2D eigenvalue weighted by Crippen LogP contribution is 2.16. The van der Waals surface area contributed by atoms with E-state index in [9.17, 15) is 13.2 Å². The Bertz CT molecular complexity index is 588. The van der Waals surface area contributed by atoms with Gasteiger partial charge in [-0.2, -0.15) is 19.3 Å². The molecule has 0 bridgehead atoms. The molecular weight excluding hydrogens is 259 g/mol. The lowest BCUT2D eigenvalue weighted by molar-refractivity contribution is 0.529. The standard InChI is InChI=1S/C10H9FN4O2S/c1-6-12-9(11)15-10(13-6)14-7-3-2-4-8(5-7)18(16)17/h2-5H,1H3,(H,16,17)(H,12,13,14,15)/p-1. The van der Waals surface area contributed by atoms with Gasteiger partial charge in [0.05, 0.1) is 0 Å². The van der Waals surface area contributed by atoms with Gasteiger partial charge in [0.2, 0.25) is 5.95 Å². The number of aromatic nitrogens is 3. The Labute approximate surface area is 105 Å². The zero-order chi connectivity index (χ0) is 13.1. The summed E-state index contributed by atoms with van der Waals surface area (Å²) in [5.41, 5.74) is 0.446. The van der Waals surface area contributed by atoms with Gasteiger partial charge in [0.25, 0.3) is 0 Å². The first-order valence-corrected chi connectivity index (χ1v) is 5.96. The summed E-state index contributed by atoms with van der Waals surface area (Å²) in [7, 11) is 0. The molecule has 0 saturated carbocycles. The zero-order valence-corrected chi connectivity index (χ0v) is 10.1. The number of aryl methyl sites for hydroxylation is 1. The first kappa shape index (κ1) is 12.5. The topological polar surface area (TPSA) is 90.8 Å². The van der Waals surface area contributed by atoms with Crippen molar-refractivity contribution in [3.05, 3.63) is 36.2 Å². The Balaban J connectivity index is 2.28. The second-order valence-electron chi connectivity index (χ2n) is 3.36. The monoisotopic (exact) mass is 267 g/mol. The van der Waals surface area contributed by atoms with Crippen LogP contribution in [0.25, 0.3) is 0 Å². The van der Waals surface area contributed by atoms with E-state index in [4.69, 9.17) is 0 Å². The maximum atomic E-state index is 12.9. The van der Waals surface area contributed by atoms with Gasteiger partial charge in [-0.05, 0) is 36.2 Å². The van der Waals surface area contributed by atoms with E-state index in [1.807, 2.05) is 0 Å². The lowest BCUT2D eigenvalue weighted by atomic mass is 10.3. The summed E-state index contributed by atoms with van der Waals surface area (Å²) in [6.45, 7) is 1.53. The van der Waals surface area contributed by atoms with Gasteiger partial charge in [-0.3, -0.25) is 4.21 Å². The molecule has 0 fully saturated rings. The minimum atomic E-state index is -2.32. The first-order chi connectivity index (χ1) is 8.54. The summed E-state index contributed by atoms with van der Waals surface area (Å²) in [6.07, 6.45) is -0.895. The van der Waals surface area contributed by atoms with Crippen LogP contribution in [-0.4, -0.2) is 23.7 Å². The zero-order valence-electron chi connectivity index (χ0n) is 9.25. The van der Waals surface area contributed by atoms with Crippen molar-refractivity contribution in [1.29, 1.82) is 0 Å². The van der Waals surface area contributed by atoms with Crippen molar-refractivity contribution < 1.29 is 13.2 Å². The van der Waals surface area contributed by atoms with Gasteiger partial charge in [0.1, 0.15) is 5.82 Å². The van der Waals surface area contributed by atoms with Gasteiger partial charge in [-0.1, -0.05) is 6.07 Å². The Morgan fingerprint density at radius 2 is 2.11 bits per heavy atom. The molecule has 0 saturated heterocycles. The molecular formula is C10H8FN4O2S-. The van der Waals surface area contributed by atoms with Gasteiger partial charge < -0.3 is 9.87 Å². The van der Waals surface area contributed by atoms with E-state index in [1.54, 1.807) is 12.1 Å². The smallest absolute Gasteiger partial charge is 0.313 e. The number of hydrogen-bond acceptors (Lipinski definition) is 6. The van der Waals surface area contributed by atoms with Gasteiger partial charge in [-0.15, -0.1) is 0 Å². The molecule has 8 heteroatoms. The molecule has 2 aromatic rings. The third kappa shape index (κ3) is 3.05. The Kier molecular flexibility index (Phi) is 3.58. The molecule has 0 spiro atoms. The van der Waals surface area contributed by atoms with Crippen molar-refractivity contribution in [2.24, 2.45) is 0 Å². The molecule has 1 heterocycles. The van der Waals surface area contributed by atoms with Gasteiger partial charge in [0.15, 0.2) is 0 Å². The van der Waals surface area contributed by atoms with Gasteiger partial charge >= 0.3 is 6.08 Å². The number of hydrogen-bond donors (Lipinski definition) is 1.